The fourth-order valence-electron chi connectivity index (χ4n) is 3.20. The van der Waals surface area contributed by atoms with Crippen molar-refractivity contribution in [3.63, 3.8) is 0 Å². The van der Waals surface area contributed by atoms with E-state index in [4.69, 9.17) is 23.2 Å². The fraction of sp³-hybridized carbons (Fsp3) is 0.0952. The number of hydrogen-bond donors (Lipinski definition) is 3. The van der Waals surface area contributed by atoms with E-state index in [1.807, 2.05) is 23.6 Å². The summed E-state index contributed by atoms with van der Waals surface area (Å²) in [6, 6.07) is 13.8. The molecule has 0 aliphatic carbocycles. The topological polar surface area (TPSA) is 78.5 Å². The number of hydrogen-bond acceptors (Lipinski definition) is 6. The maximum atomic E-state index is 6.07. The molecule has 0 bridgehead atoms. The third kappa shape index (κ3) is 3.92. The molecule has 0 radical (unpaired) electrons. The second kappa shape index (κ2) is 8.10. The fourth-order valence-corrected chi connectivity index (χ4v) is 4.33. The van der Waals surface area contributed by atoms with Gasteiger partial charge in [0.1, 0.15) is 12.1 Å². The van der Waals surface area contributed by atoms with Crippen molar-refractivity contribution in [3.8, 4) is 0 Å². The average Bonchev–Trinajstić information content (AvgIpc) is 3.37. The van der Waals surface area contributed by atoms with Gasteiger partial charge in [-0.25, -0.2) is 15.0 Å². The van der Waals surface area contributed by atoms with Crippen LogP contribution >= 0.6 is 34.5 Å². The molecule has 0 fully saturated rings. The van der Waals surface area contributed by atoms with Gasteiger partial charge in [-0.1, -0.05) is 35.3 Å². The zero-order valence-corrected chi connectivity index (χ0v) is 17.9. The summed E-state index contributed by atoms with van der Waals surface area (Å²) in [5.41, 5.74) is 4.74. The molecule has 3 aromatic heterocycles. The molecule has 0 aliphatic heterocycles. The Labute approximate surface area is 186 Å². The zero-order chi connectivity index (χ0) is 20.5. The van der Waals surface area contributed by atoms with Gasteiger partial charge in [0.15, 0.2) is 0 Å². The Hall–Kier alpha value is -2.87. The van der Waals surface area contributed by atoms with Gasteiger partial charge in [-0.3, -0.25) is 0 Å². The first-order valence-corrected chi connectivity index (χ1v) is 10.9. The Kier molecular flexibility index (Phi) is 5.16. The van der Waals surface area contributed by atoms with E-state index < -0.39 is 0 Å². The lowest BCUT2D eigenvalue weighted by Gasteiger charge is -2.07. The van der Waals surface area contributed by atoms with Crippen molar-refractivity contribution in [3.05, 3.63) is 69.8 Å². The highest BCUT2D eigenvalue weighted by atomic mass is 35.5. The molecule has 0 saturated carbocycles. The van der Waals surface area contributed by atoms with Crippen LogP contribution in [0, 0.1) is 0 Å². The Morgan fingerprint density at radius 3 is 2.67 bits per heavy atom. The first-order valence-electron chi connectivity index (χ1n) is 9.28. The van der Waals surface area contributed by atoms with E-state index in [0.717, 1.165) is 45.7 Å². The molecule has 0 atom stereocenters. The summed E-state index contributed by atoms with van der Waals surface area (Å²) in [5.74, 6) is 1.53. The van der Waals surface area contributed by atoms with E-state index in [0.29, 0.717) is 16.0 Å². The van der Waals surface area contributed by atoms with Crippen LogP contribution in [0.2, 0.25) is 10.0 Å². The molecule has 0 saturated heterocycles. The number of aromatic amines is 1. The van der Waals surface area contributed by atoms with Gasteiger partial charge in [0.05, 0.1) is 31.3 Å². The van der Waals surface area contributed by atoms with E-state index in [1.54, 1.807) is 29.8 Å². The summed E-state index contributed by atoms with van der Waals surface area (Å²) in [6.07, 6.45) is 2.48. The molecule has 0 spiro atoms. The molecule has 150 valence electrons. The van der Waals surface area contributed by atoms with E-state index >= 15 is 0 Å². The van der Waals surface area contributed by atoms with Crippen molar-refractivity contribution in [1.29, 1.82) is 0 Å². The van der Waals surface area contributed by atoms with E-state index in [1.165, 1.54) is 5.56 Å². The minimum atomic E-state index is 0.488. The summed E-state index contributed by atoms with van der Waals surface area (Å²) in [5, 5.41) is 9.70. The van der Waals surface area contributed by atoms with Gasteiger partial charge in [-0.05, 0) is 47.7 Å². The maximum absolute atomic E-state index is 6.07. The number of nitrogens with zero attached hydrogens (tertiary/aromatic N) is 3. The zero-order valence-electron chi connectivity index (χ0n) is 15.6. The normalized spacial score (nSPS) is 11.3. The van der Waals surface area contributed by atoms with E-state index in [2.05, 4.69) is 42.7 Å². The molecule has 6 nitrogen and oxygen atoms in total. The third-order valence-corrected chi connectivity index (χ3v) is 6.32. The van der Waals surface area contributed by atoms with Crippen LogP contribution in [0.25, 0.3) is 21.3 Å². The molecular formula is C21H16Cl2N6S. The molecule has 5 rings (SSSR count). The molecule has 0 aliphatic rings. The second-order valence-corrected chi connectivity index (χ2v) is 8.46. The lowest BCUT2D eigenvalue weighted by Crippen LogP contribution is -2.06. The number of aromatic nitrogens is 4. The first-order chi connectivity index (χ1) is 14.7. The van der Waals surface area contributed by atoms with Gasteiger partial charge >= 0.3 is 0 Å². The summed E-state index contributed by atoms with van der Waals surface area (Å²) in [7, 11) is 0. The number of fused-ring (bicyclic) bond motifs is 2. The van der Waals surface area contributed by atoms with Gasteiger partial charge in [0.25, 0.3) is 0 Å². The Morgan fingerprint density at radius 1 is 0.967 bits per heavy atom. The average molecular weight is 455 g/mol. The van der Waals surface area contributed by atoms with Crippen LogP contribution in [0.1, 0.15) is 5.56 Å². The SMILES string of the molecule is Clc1cc2nc(Nc3ccc(CCNc4ncnc5ccsc45)cc3)[nH]c2cc1Cl. The Morgan fingerprint density at radius 2 is 1.80 bits per heavy atom. The lowest BCUT2D eigenvalue weighted by atomic mass is 10.1. The molecule has 3 heterocycles. The van der Waals surface area contributed by atoms with Crippen LogP contribution in [-0.2, 0) is 6.42 Å². The van der Waals surface area contributed by atoms with Crippen molar-refractivity contribution in [2.45, 2.75) is 6.42 Å². The van der Waals surface area contributed by atoms with Crippen LogP contribution < -0.4 is 10.6 Å². The monoisotopic (exact) mass is 454 g/mol. The Bertz CT molecular complexity index is 1290. The number of benzene rings is 2. The summed E-state index contributed by atoms with van der Waals surface area (Å²) >= 11 is 13.8. The van der Waals surface area contributed by atoms with E-state index in [9.17, 15) is 0 Å². The number of H-pyrrole nitrogens is 1. The quantitative estimate of drug-likeness (QED) is 0.281. The maximum Gasteiger partial charge on any atom is 0.205 e. The number of imidazole rings is 1. The van der Waals surface area contributed by atoms with Crippen LogP contribution in [0.4, 0.5) is 17.5 Å². The van der Waals surface area contributed by atoms with Gasteiger partial charge in [0, 0.05) is 12.2 Å². The van der Waals surface area contributed by atoms with Crippen LogP contribution in [-0.4, -0.2) is 26.5 Å². The summed E-state index contributed by atoms with van der Waals surface area (Å²) in [4.78, 5) is 16.3. The number of anilines is 3. The minimum Gasteiger partial charge on any atom is -0.368 e. The van der Waals surface area contributed by atoms with Gasteiger partial charge in [-0.2, -0.15) is 0 Å². The number of thiophene rings is 1. The van der Waals surface area contributed by atoms with Gasteiger partial charge in [0.2, 0.25) is 5.95 Å². The predicted molar refractivity (Wildman–Crippen MR) is 125 cm³/mol. The van der Waals surface area contributed by atoms with Crippen molar-refractivity contribution >= 4 is 73.2 Å². The number of nitrogens with one attached hydrogen (secondary N) is 3. The second-order valence-electron chi connectivity index (χ2n) is 6.72. The van der Waals surface area contributed by atoms with Crippen molar-refractivity contribution < 1.29 is 0 Å². The predicted octanol–water partition coefficient (Wildman–Crippen LogP) is 6.27. The summed E-state index contributed by atoms with van der Waals surface area (Å²) in [6.45, 7) is 0.794. The van der Waals surface area contributed by atoms with Crippen molar-refractivity contribution in [2.24, 2.45) is 0 Å². The molecule has 9 heteroatoms. The van der Waals surface area contributed by atoms with Crippen molar-refractivity contribution in [2.75, 3.05) is 17.2 Å². The van der Waals surface area contributed by atoms with Crippen molar-refractivity contribution in [1.82, 2.24) is 19.9 Å². The highest BCUT2D eigenvalue weighted by Crippen LogP contribution is 2.28. The highest BCUT2D eigenvalue weighted by Gasteiger charge is 2.07. The number of rotatable bonds is 6. The Balaban J connectivity index is 1.22. The van der Waals surface area contributed by atoms with Crippen LogP contribution in [0.5, 0.6) is 0 Å². The molecular weight excluding hydrogens is 439 g/mol. The molecule has 0 unspecified atom stereocenters. The minimum absolute atomic E-state index is 0.488. The first kappa shape index (κ1) is 19.1. The molecule has 3 N–H and O–H groups in total. The highest BCUT2D eigenvalue weighted by molar-refractivity contribution is 7.17. The standard InChI is InChI=1S/C21H16Cl2N6S/c22-14-9-17-18(10-15(14)23)29-21(28-17)27-13-3-1-12(2-4-13)5-7-24-20-19-16(6-8-30-19)25-11-26-20/h1-4,6,8-11H,5,7H2,(H,24,25,26)(H2,27,28,29). The number of halogens is 2. The van der Waals surface area contributed by atoms with Gasteiger partial charge in [-0.15, -0.1) is 11.3 Å². The smallest absolute Gasteiger partial charge is 0.205 e. The third-order valence-electron chi connectivity index (χ3n) is 4.69. The summed E-state index contributed by atoms with van der Waals surface area (Å²) < 4.78 is 1.09. The van der Waals surface area contributed by atoms with E-state index in [-0.39, 0.29) is 0 Å². The molecule has 5 aromatic rings. The van der Waals surface area contributed by atoms with Crippen LogP contribution in [0.15, 0.2) is 54.2 Å². The molecule has 30 heavy (non-hydrogen) atoms. The van der Waals surface area contributed by atoms with Gasteiger partial charge < -0.3 is 15.6 Å². The van der Waals surface area contributed by atoms with Crippen LogP contribution in [0.3, 0.4) is 0 Å². The largest absolute Gasteiger partial charge is 0.368 e. The molecule has 2 aromatic carbocycles. The molecule has 0 amide bonds. The lowest BCUT2D eigenvalue weighted by molar-refractivity contribution is 1.01.